The van der Waals surface area contributed by atoms with Crippen molar-refractivity contribution in [3.05, 3.63) is 126 Å². The number of carbonyl (C=O) groups is 2. The fourth-order valence-corrected chi connectivity index (χ4v) is 23.2. The molecule has 0 spiro atoms. The summed E-state index contributed by atoms with van der Waals surface area (Å²) < 4.78 is 0. The summed E-state index contributed by atoms with van der Waals surface area (Å²) in [6.45, 7) is 31.3. The van der Waals surface area contributed by atoms with Gasteiger partial charge in [0, 0.05) is 81.4 Å². The van der Waals surface area contributed by atoms with Gasteiger partial charge >= 0.3 is 0 Å². The van der Waals surface area contributed by atoms with Gasteiger partial charge in [-0.15, -0.1) is 90.7 Å². The smallest absolute Gasteiger partial charge is 0.261 e. The van der Waals surface area contributed by atoms with E-state index in [-0.39, 0.29) is 22.6 Å². The summed E-state index contributed by atoms with van der Waals surface area (Å²) in [5.41, 5.74) is 7.53. The minimum atomic E-state index is 0.0155. The van der Waals surface area contributed by atoms with Crippen LogP contribution in [0.2, 0.25) is 0 Å². The molecule has 2 aliphatic rings. The Morgan fingerprint density at radius 1 is 0.348 bits per heavy atom. The summed E-state index contributed by atoms with van der Waals surface area (Å²) in [6.07, 6.45) is 26.7. The molecule has 92 heavy (non-hydrogen) atoms. The SMILES string of the molecule is CCCCCCCC(CCCCC)CN1C(=O)C2=C(c3ccc(-c4ccc(-c5ccc(-c6cc(CC)c(-c7sc(-c8ccc(C(C)(C)C)s8)cc7CC)s6)s5)s4)s3)N(CC(CCC)CCCCCC)C(=O)C2=C1c1ccc(-c2cc(CCCCC)c(C(C)(C)C)s2)s1. The zero-order chi connectivity index (χ0) is 65.3. The number of unbranched alkanes of at least 4 members (excludes halogenated alkanes) is 11. The van der Waals surface area contributed by atoms with E-state index in [9.17, 15) is 0 Å². The van der Waals surface area contributed by atoms with Gasteiger partial charge in [0.15, 0.2) is 0 Å². The van der Waals surface area contributed by atoms with E-state index in [1.807, 2.05) is 68.0 Å². The fourth-order valence-electron chi connectivity index (χ4n) is 13.6. The van der Waals surface area contributed by atoms with Gasteiger partial charge in [0.25, 0.3) is 11.8 Å². The van der Waals surface area contributed by atoms with Crippen LogP contribution in [0.3, 0.4) is 0 Å². The molecule has 8 aromatic heterocycles. The molecule has 12 heteroatoms. The number of fused-ring (bicyclic) bond motifs is 1. The van der Waals surface area contributed by atoms with Crippen LogP contribution >= 0.6 is 90.7 Å². The maximum atomic E-state index is 16.2. The van der Waals surface area contributed by atoms with Crippen molar-refractivity contribution < 1.29 is 9.59 Å². The number of nitrogens with zero attached hydrogens (tertiary/aromatic N) is 2. The van der Waals surface area contributed by atoms with Gasteiger partial charge in [0.1, 0.15) is 0 Å². The van der Waals surface area contributed by atoms with Crippen molar-refractivity contribution in [2.24, 2.45) is 11.8 Å². The van der Waals surface area contributed by atoms with Crippen LogP contribution in [0.1, 0.15) is 255 Å². The van der Waals surface area contributed by atoms with Crippen molar-refractivity contribution >= 4 is 114 Å². The first-order chi connectivity index (χ1) is 44.4. The summed E-state index contributed by atoms with van der Waals surface area (Å²) in [7, 11) is 0. The quantitative estimate of drug-likeness (QED) is 0.0372. The van der Waals surface area contributed by atoms with Crippen molar-refractivity contribution in [3.63, 3.8) is 0 Å². The van der Waals surface area contributed by atoms with E-state index < -0.39 is 0 Å². The van der Waals surface area contributed by atoms with Gasteiger partial charge in [-0.2, -0.15) is 0 Å². The minimum absolute atomic E-state index is 0.0155. The van der Waals surface area contributed by atoms with Crippen LogP contribution in [0.5, 0.6) is 0 Å². The molecule has 0 aromatic carbocycles. The molecule has 4 nitrogen and oxygen atoms in total. The lowest BCUT2D eigenvalue weighted by Gasteiger charge is -2.29. The predicted octanol–water partition coefficient (Wildman–Crippen LogP) is 27.4. The van der Waals surface area contributed by atoms with E-state index in [0.717, 1.165) is 85.4 Å². The fraction of sp³-hybridized carbons (Fsp3) is 0.525. The molecule has 0 fully saturated rings. The third-order valence-corrected chi connectivity index (χ3v) is 29.7. The minimum Gasteiger partial charge on any atom is -0.306 e. The molecule has 2 amide bonds. The topological polar surface area (TPSA) is 40.6 Å². The highest BCUT2D eigenvalue weighted by atomic mass is 32.1. The second-order valence-electron chi connectivity index (χ2n) is 28.2. The highest BCUT2D eigenvalue weighted by Gasteiger charge is 2.50. The van der Waals surface area contributed by atoms with E-state index in [1.54, 1.807) is 22.7 Å². The Hall–Kier alpha value is -3.98. The molecule has 2 aliphatic heterocycles. The van der Waals surface area contributed by atoms with Crippen LogP contribution in [0, 0.1) is 11.8 Å². The molecular weight excluding hydrogens is 1280 g/mol. The van der Waals surface area contributed by atoms with E-state index >= 15 is 9.59 Å². The summed E-state index contributed by atoms with van der Waals surface area (Å²) in [5, 5.41) is 0. The van der Waals surface area contributed by atoms with Crippen LogP contribution < -0.4 is 0 Å². The second kappa shape index (κ2) is 32.4. The zero-order valence-electron chi connectivity index (χ0n) is 57.8. The molecule has 494 valence electrons. The largest absolute Gasteiger partial charge is 0.306 e. The maximum absolute atomic E-state index is 16.2. The molecular formula is C80H104N2O2S8. The first-order valence-corrected chi connectivity index (χ1v) is 42.0. The van der Waals surface area contributed by atoms with E-state index in [0.29, 0.717) is 36.1 Å². The lowest BCUT2D eigenvalue weighted by Crippen LogP contribution is -2.34. The predicted molar refractivity (Wildman–Crippen MR) is 413 cm³/mol. The van der Waals surface area contributed by atoms with Crippen LogP contribution in [0.15, 0.2) is 90.0 Å². The Kier molecular flexibility index (Phi) is 24.9. The Labute approximate surface area is 586 Å². The number of rotatable bonds is 35. The Morgan fingerprint density at radius 3 is 1.14 bits per heavy atom. The number of thiophene rings is 8. The molecule has 0 radical (unpaired) electrons. The van der Waals surface area contributed by atoms with Gasteiger partial charge < -0.3 is 9.80 Å². The average molecular weight is 1380 g/mol. The molecule has 10 rings (SSSR count). The first-order valence-electron chi connectivity index (χ1n) is 35.4. The standard InChI is InChI=1S/C80H104N2O2S8/c1-14-21-25-27-31-35-53(33-28-23-16-3)51-82-73(65-44-42-62(88-65)68-49-56(36-29-24-17-4)76(92-68)80(11,12)13)71-70(78(82)84)72(81(77(71)83)50-52(32-18-5)34-30-26-22-15-2)64-43-41-60(87-64)59-38-37-57(85-59)58-39-40-61(86-58)66-47-54(19-6)74(90-66)75-55(20-7)48-67(91-75)63-45-46-69(89-63)79(8,9)10/h37-49,52-53H,14-36,50-51H2,1-13H3. The number of carbonyl (C=O) groups excluding carboxylic acids is 2. The van der Waals surface area contributed by atoms with Gasteiger partial charge in [-0.05, 0) is 170 Å². The molecule has 0 saturated heterocycles. The monoisotopic (exact) mass is 1380 g/mol. The van der Waals surface area contributed by atoms with Crippen LogP contribution in [0.25, 0.3) is 69.9 Å². The third-order valence-electron chi connectivity index (χ3n) is 18.7. The van der Waals surface area contributed by atoms with Gasteiger partial charge in [0.05, 0.1) is 32.3 Å². The summed E-state index contributed by atoms with van der Waals surface area (Å²) in [4.78, 5) is 57.2. The maximum Gasteiger partial charge on any atom is 0.261 e. The van der Waals surface area contributed by atoms with Crippen LogP contribution in [-0.4, -0.2) is 34.7 Å². The van der Waals surface area contributed by atoms with Crippen molar-refractivity contribution in [1.82, 2.24) is 9.80 Å². The number of aryl methyl sites for hydroxylation is 3. The van der Waals surface area contributed by atoms with Crippen LogP contribution in [-0.2, 0) is 39.7 Å². The lowest BCUT2D eigenvalue weighted by atomic mass is 9.90. The van der Waals surface area contributed by atoms with E-state index in [2.05, 4.69) is 179 Å². The summed E-state index contributed by atoms with van der Waals surface area (Å²) in [6, 6.07) is 30.3. The molecule has 0 N–H and O–H groups in total. The molecule has 0 aliphatic carbocycles. The van der Waals surface area contributed by atoms with Gasteiger partial charge in [0.2, 0.25) is 0 Å². The molecule has 0 bridgehead atoms. The van der Waals surface area contributed by atoms with E-state index in [1.165, 1.54) is 168 Å². The molecule has 2 unspecified atom stereocenters. The highest BCUT2D eigenvalue weighted by molar-refractivity contribution is 7.30. The third kappa shape index (κ3) is 16.3. The number of hydrogen-bond donors (Lipinski definition) is 0. The Morgan fingerprint density at radius 2 is 0.707 bits per heavy atom. The lowest BCUT2D eigenvalue weighted by molar-refractivity contribution is -0.124. The van der Waals surface area contributed by atoms with Crippen molar-refractivity contribution in [2.45, 2.75) is 249 Å². The second-order valence-corrected chi connectivity index (χ2v) is 36.8. The average Bonchev–Trinajstić information content (AvgIpc) is 1.55. The van der Waals surface area contributed by atoms with Crippen LogP contribution in [0.4, 0.5) is 0 Å². The zero-order valence-corrected chi connectivity index (χ0v) is 64.3. The molecule has 0 saturated carbocycles. The number of hydrogen-bond acceptors (Lipinski definition) is 10. The normalized spacial score (nSPS) is 14.6. The first kappa shape index (κ1) is 70.8. The van der Waals surface area contributed by atoms with Gasteiger partial charge in [-0.1, -0.05) is 186 Å². The van der Waals surface area contributed by atoms with Crippen molar-refractivity contribution in [1.29, 1.82) is 0 Å². The Bertz CT molecular complexity index is 3790. The van der Waals surface area contributed by atoms with E-state index in [4.69, 9.17) is 0 Å². The highest BCUT2D eigenvalue weighted by Crippen LogP contribution is 2.54. The Balaban J connectivity index is 1.01. The van der Waals surface area contributed by atoms with Gasteiger partial charge in [-0.3, -0.25) is 9.59 Å². The summed E-state index contributed by atoms with van der Waals surface area (Å²) in [5.74, 6) is 0.737. The van der Waals surface area contributed by atoms with Crippen molar-refractivity contribution in [3.8, 4) is 58.5 Å². The molecule has 10 heterocycles. The molecule has 8 aromatic rings. The van der Waals surface area contributed by atoms with Gasteiger partial charge in [-0.25, -0.2) is 0 Å². The number of amides is 2. The molecule has 2 atom stereocenters. The van der Waals surface area contributed by atoms with Crippen molar-refractivity contribution in [2.75, 3.05) is 13.1 Å². The summed E-state index contributed by atoms with van der Waals surface area (Å²) >= 11 is 15.1.